The van der Waals surface area contributed by atoms with Crippen LogP contribution < -0.4 is 0 Å². The van der Waals surface area contributed by atoms with E-state index in [4.69, 9.17) is 0 Å². The Morgan fingerprint density at radius 3 is 2.00 bits per heavy atom. The highest BCUT2D eigenvalue weighted by Gasteiger charge is 2.12. The van der Waals surface area contributed by atoms with Gasteiger partial charge in [0.1, 0.15) is 0 Å². The Morgan fingerprint density at radius 1 is 1.44 bits per heavy atom. The van der Waals surface area contributed by atoms with Crippen LogP contribution in [-0.4, -0.2) is 13.2 Å². The van der Waals surface area contributed by atoms with Gasteiger partial charge in [-0.25, -0.2) is 0 Å². The molecule has 0 aromatic rings. The normalized spacial score (nSPS) is 11.6. The second-order valence-corrected chi connectivity index (χ2v) is 9.57. The van der Waals surface area contributed by atoms with Gasteiger partial charge in [-0.2, -0.15) is 0 Å². The molecule has 0 rings (SSSR count). The Bertz CT molecular complexity index is 106. The van der Waals surface area contributed by atoms with Crippen LogP contribution in [0.3, 0.4) is 0 Å². The van der Waals surface area contributed by atoms with E-state index in [1.807, 2.05) is 0 Å². The van der Waals surface area contributed by atoms with Crippen molar-refractivity contribution in [2.24, 2.45) is 0 Å². The van der Waals surface area contributed by atoms with E-state index in [9.17, 15) is 4.79 Å². The summed E-state index contributed by atoms with van der Waals surface area (Å²) in [7, 11) is -0.990. The van der Waals surface area contributed by atoms with Gasteiger partial charge in [0.25, 0.3) is 0 Å². The minimum atomic E-state index is -0.990. The molecule has 0 bridgehead atoms. The van der Waals surface area contributed by atoms with Crippen LogP contribution in [0.15, 0.2) is 0 Å². The molecular weight excluding hydrogens is 148 g/mol. The lowest BCUT2D eigenvalue weighted by Gasteiger charge is -2.12. The number of hydrogen-bond acceptors (Lipinski definition) is 1. The highest BCUT2D eigenvalue weighted by molar-refractivity contribution is 7.96. The van der Waals surface area contributed by atoms with Crippen molar-refractivity contribution in [2.45, 2.75) is 32.1 Å². The van der Waals surface area contributed by atoms with E-state index in [1.165, 1.54) is 0 Å². The van der Waals surface area contributed by atoms with Gasteiger partial charge < -0.3 is 0 Å². The summed E-state index contributed by atoms with van der Waals surface area (Å²) in [5.41, 5.74) is 0. The Balaban J connectivity index is 3.39. The third kappa shape index (κ3) is 8.24. The van der Waals surface area contributed by atoms with E-state index < -0.39 is 8.07 Å². The van der Waals surface area contributed by atoms with Crippen molar-refractivity contribution in [3.05, 3.63) is 0 Å². The summed E-state index contributed by atoms with van der Waals surface area (Å²) < 4.78 is 0. The standard InChI is InChI=1S/C6H14OSSi/c1-9(2,3)5-4-6(7)8/h4-5H2,1-3H3,(H,7,8). The predicted molar refractivity (Wildman–Crippen MR) is 46.8 cm³/mol. The topological polar surface area (TPSA) is 17.1 Å². The minimum absolute atomic E-state index is 0.0254. The second-order valence-electron chi connectivity index (χ2n) is 3.45. The molecule has 0 aliphatic heterocycles. The van der Waals surface area contributed by atoms with Gasteiger partial charge in [-0.15, -0.1) is 12.6 Å². The molecule has 0 saturated carbocycles. The summed E-state index contributed by atoms with van der Waals surface area (Å²) in [5.74, 6) is 0. The number of rotatable bonds is 3. The van der Waals surface area contributed by atoms with Crippen LogP contribution in [0.1, 0.15) is 6.42 Å². The van der Waals surface area contributed by atoms with Crippen LogP contribution >= 0.6 is 12.6 Å². The van der Waals surface area contributed by atoms with E-state index in [-0.39, 0.29) is 5.12 Å². The van der Waals surface area contributed by atoms with Crippen molar-refractivity contribution in [1.29, 1.82) is 0 Å². The lowest BCUT2D eigenvalue weighted by atomic mass is 10.5. The molecule has 0 atom stereocenters. The van der Waals surface area contributed by atoms with E-state index in [0.29, 0.717) is 6.42 Å². The Hall–Kier alpha value is 0.237. The van der Waals surface area contributed by atoms with Crippen molar-refractivity contribution in [3.8, 4) is 0 Å². The molecule has 0 amide bonds. The fourth-order valence-electron chi connectivity index (χ4n) is 0.482. The van der Waals surface area contributed by atoms with Crippen LogP contribution in [0.5, 0.6) is 0 Å². The van der Waals surface area contributed by atoms with Gasteiger partial charge in [0, 0.05) is 14.5 Å². The van der Waals surface area contributed by atoms with E-state index in [1.54, 1.807) is 0 Å². The average molecular weight is 162 g/mol. The first-order chi connectivity index (χ1) is 3.92. The van der Waals surface area contributed by atoms with Crippen molar-refractivity contribution < 1.29 is 4.79 Å². The quantitative estimate of drug-likeness (QED) is 0.497. The van der Waals surface area contributed by atoms with Crippen molar-refractivity contribution in [1.82, 2.24) is 0 Å². The molecule has 0 heterocycles. The number of hydrogen-bond donors (Lipinski definition) is 1. The van der Waals surface area contributed by atoms with E-state index in [0.717, 1.165) is 6.04 Å². The summed E-state index contributed by atoms with van der Waals surface area (Å²) in [6.07, 6.45) is 0.652. The highest BCUT2D eigenvalue weighted by Crippen LogP contribution is 2.11. The van der Waals surface area contributed by atoms with Crippen molar-refractivity contribution in [3.63, 3.8) is 0 Å². The third-order valence-corrected chi connectivity index (χ3v) is 3.06. The maximum atomic E-state index is 10.4. The third-order valence-electron chi connectivity index (χ3n) is 1.09. The highest BCUT2D eigenvalue weighted by atomic mass is 32.1. The average Bonchev–Trinajstić information content (AvgIpc) is 1.59. The van der Waals surface area contributed by atoms with Crippen molar-refractivity contribution in [2.75, 3.05) is 0 Å². The summed E-state index contributed by atoms with van der Waals surface area (Å²) in [4.78, 5) is 10.4. The van der Waals surface area contributed by atoms with Crippen LogP contribution in [-0.2, 0) is 4.79 Å². The molecule has 0 aromatic carbocycles. The molecule has 9 heavy (non-hydrogen) atoms. The SMILES string of the molecule is C[Si](C)(C)CCC(=O)S. The van der Waals surface area contributed by atoms with Gasteiger partial charge in [-0.1, -0.05) is 19.6 Å². The maximum absolute atomic E-state index is 10.4. The van der Waals surface area contributed by atoms with Gasteiger partial charge >= 0.3 is 0 Å². The van der Waals surface area contributed by atoms with Gasteiger partial charge in [0.15, 0.2) is 5.12 Å². The molecule has 0 unspecified atom stereocenters. The zero-order valence-corrected chi connectivity index (χ0v) is 8.16. The summed E-state index contributed by atoms with van der Waals surface area (Å²) in [6.45, 7) is 6.76. The fraction of sp³-hybridized carbons (Fsp3) is 0.833. The van der Waals surface area contributed by atoms with Gasteiger partial charge in [-0.05, 0) is 6.04 Å². The van der Waals surface area contributed by atoms with Crippen LogP contribution in [0.25, 0.3) is 0 Å². The Morgan fingerprint density at radius 2 is 1.89 bits per heavy atom. The van der Waals surface area contributed by atoms with Crippen LogP contribution in [0.2, 0.25) is 25.7 Å². The maximum Gasteiger partial charge on any atom is 0.185 e. The predicted octanol–water partition coefficient (Wildman–Crippen LogP) is 2.17. The first-order valence-electron chi connectivity index (χ1n) is 3.13. The summed E-state index contributed by atoms with van der Waals surface area (Å²) >= 11 is 3.69. The molecule has 0 aromatic heterocycles. The zero-order valence-electron chi connectivity index (χ0n) is 6.27. The Labute approximate surface area is 63.3 Å². The lowest BCUT2D eigenvalue weighted by molar-refractivity contribution is -0.110. The van der Waals surface area contributed by atoms with Crippen LogP contribution in [0.4, 0.5) is 0 Å². The van der Waals surface area contributed by atoms with E-state index in [2.05, 4.69) is 32.3 Å². The summed E-state index contributed by atoms with van der Waals surface area (Å²) in [5, 5.41) is 0.0254. The second kappa shape index (κ2) is 3.42. The number of thiol groups is 1. The monoisotopic (exact) mass is 162 g/mol. The number of carbonyl (C=O) groups excluding carboxylic acids is 1. The first-order valence-corrected chi connectivity index (χ1v) is 7.29. The first kappa shape index (κ1) is 9.24. The fourth-order valence-corrected chi connectivity index (χ4v) is 1.78. The smallest absolute Gasteiger partial charge is 0.185 e. The molecule has 1 nitrogen and oxygen atoms in total. The molecule has 3 heteroatoms. The van der Waals surface area contributed by atoms with Gasteiger partial charge in [0.2, 0.25) is 0 Å². The molecule has 0 N–H and O–H groups in total. The molecule has 0 aliphatic rings. The van der Waals surface area contributed by atoms with Crippen LogP contribution in [0, 0.1) is 0 Å². The zero-order chi connectivity index (χ0) is 7.49. The van der Waals surface area contributed by atoms with Gasteiger partial charge in [-0.3, -0.25) is 4.79 Å². The van der Waals surface area contributed by atoms with Crippen molar-refractivity contribution >= 4 is 25.8 Å². The molecule has 54 valence electrons. The molecule has 0 saturated heterocycles. The lowest BCUT2D eigenvalue weighted by Crippen LogP contribution is -2.19. The molecule has 0 aliphatic carbocycles. The largest absolute Gasteiger partial charge is 0.288 e. The van der Waals surface area contributed by atoms with Gasteiger partial charge in [0.05, 0.1) is 0 Å². The molecule has 0 radical (unpaired) electrons. The summed E-state index contributed by atoms with van der Waals surface area (Å²) in [6, 6.07) is 1.06. The molecule has 0 fully saturated rings. The number of carbonyl (C=O) groups is 1. The minimum Gasteiger partial charge on any atom is -0.288 e. The Kier molecular flexibility index (Phi) is 3.51. The molecular formula is C6H14OSSi. The van der Waals surface area contributed by atoms with E-state index >= 15 is 0 Å². The molecule has 0 spiro atoms.